The summed E-state index contributed by atoms with van der Waals surface area (Å²) in [6.07, 6.45) is 4.27. The Bertz CT molecular complexity index is 422. The van der Waals surface area contributed by atoms with E-state index in [2.05, 4.69) is 41.7 Å². The molecule has 0 bridgehead atoms. The van der Waals surface area contributed by atoms with Crippen LogP contribution in [0.5, 0.6) is 0 Å². The predicted molar refractivity (Wildman–Crippen MR) is 82.1 cm³/mol. The van der Waals surface area contributed by atoms with Gasteiger partial charge in [-0.25, -0.2) is 4.98 Å². The zero-order valence-corrected chi connectivity index (χ0v) is 13.0. The van der Waals surface area contributed by atoms with Crippen molar-refractivity contribution >= 4 is 17.4 Å². The van der Waals surface area contributed by atoms with Gasteiger partial charge >= 0.3 is 0 Å². The largest absolute Gasteiger partial charge is 0.352 e. The Morgan fingerprint density at radius 1 is 1.42 bits per heavy atom. The van der Waals surface area contributed by atoms with E-state index in [1.54, 1.807) is 0 Å². The number of likely N-dealkylation sites (N-methyl/N-ethyl adjacent to an activating group) is 1. The normalized spacial score (nSPS) is 21.5. The average molecular weight is 282 g/mol. The molecule has 1 saturated heterocycles. The number of anilines is 1. The standard InChI is InChI=1S/C15H24ClN3/c1-4-14-11-18(3)6-5-7-19(14)15-12(2)8-13(9-16)10-17-15/h8,10,14H,4-7,9,11H2,1-3H3. The zero-order chi connectivity index (χ0) is 13.8. The summed E-state index contributed by atoms with van der Waals surface area (Å²) in [7, 11) is 2.21. The highest BCUT2D eigenvalue weighted by molar-refractivity contribution is 6.17. The summed E-state index contributed by atoms with van der Waals surface area (Å²) < 4.78 is 0. The number of hydrogen-bond donors (Lipinski definition) is 0. The molecule has 0 spiro atoms. The molecule has 106 valence electrons. The van der Waals surface area contributed by atoms with E-state index in [0.717, 1.165) is 30.9 Å². The summed E-state index contributed by atoms with van der Waals surface area (Å²) in [6.45, 7) is 7.79. The minimum atomic E-state index is 0.536. The van der Waals surface area contributed by atoms with Crippen LogP contribution in [0.3, 0.4) is 0 Å². The second-order valence-corrected chi connectivity index (χ2v) is 5.76. The van der Waals surface area contributed by atoms with Crippen molar-refractivity contribution in [1.29, 1.82) is 0 Å². The topological polar surface area (TPSA) is 19.4 Å². The Morgan fingerprint density at radius 3 is 2.84 bits per heavy atom. The summed E-state index contributed by atoms with van der Waals surface area (Å²) in [6, 6.07) is 2.72. The van der Waals surface area contributed by atoms with Crippen molar-refractivity contribution < 1.29 is 0 Å². The van der Waals surface area contributed by atoms with Gasteiger partial charge < -0.3 is 9.80 Å². The van der Waals surface area contributed by atoms with Crippen LogP contribution in [0.1, 0.15) is 30.9 Å². The number of halogens is 1. The zero-order valence-electron chi connectivity index (χ0n) is 12.2. The highest BCUT2D eigenvalue weighted by atomic mass is 35.5. The molecule has 1 aliphatic heterocycles. The molecule has 1 atom stereocenters. The van der Waals surface area contributed by atoms with Crippen LogP contribution in [0.2, 0.25) is 0 Å². The number of aryl methyl sites for hydroxylation is 1. The van der Waals surface area contributed by atoms with E-state index in [4.69, 9.17) is 11.6 Å². The van der Waals surface area contributed by atoms with Gasteiger partial charge in [-0.1, -0.05) is 6.92 Å². The second-order valence-electron chi connectivity index (χ2n) is 5.49. The molecule has 1 aromatic heterocycles. The third-order valence-corrected chi connectivity index (χ3v) is 4.22. The van der Waals surface area contributed by atoms with Gasteiger partial charge in [0.1, 0.15) is 5.82 Å². The number of nitrogens with zero attached hydrogens (tertiary/aromatic N) is 3. The maximum atomic E-state index is 5.88. The van der Waals surface area contributed by atoms with Crippen molar-refractivity contribution in [3.63, 3.8) is 0 Å². The molecule has 0 saturated carbocycles. The van der Waals surface area contributed by atoms with Crippen molar-refractivity contribution in [1.82, 2.24) is 9.88 Å². The maximum absolute atomic E-state index is 5.88. The first kappa shape index (κ1) is 14.6. The molecule has 1 unspecified atom stereocenters. The van der Waals surface area contributed by atoms with Gasteiger partial charge in [0.15, 0.2) is 0 Å². The molecule has 19 heavy (non-hydrogen) atoms. The van der Waals surface area contributed by atoms with Gasteiger partial charge in [-0.3, -0.25) is 0 Å². The summed E-state index contributed by atoms with van der Waals surface area (Å²) in [5.41, 5.74) is 2.34. The fraction of sp³-hybridized carbons (Fsp3) is 0.667. The quantitative estimate of drug-likeness (QED) is 0.794. The number of aromatic nitrogens is 1. The average Bonchev–Trinajstić information content (AvgIpc) is 2.60. The number of alkyl halides is 1. The molecule has 2 heterocycles. The van der Waals surface area contributed by atoms with Gasteiger partial charge in [-0.05, 0) is 50.6 Å². The molecule has 3 nitrogen and oxygen atoms in total. The van der Waals surface area contributed by atoms with Crippen LogP contribution in [0.25, 0.3) is 0 Å². The van der Waals surface area contributed by atoms with Gasteiger partial charge in [0.05, 0.1) is 0 Å². The van der Waals surface area contributed by atoms with E-state index in [9.17, 15) is 0 Å². The lowest BCUT2D eigenvalue weighted by atomic mass is 10.1. The summed E-state index contributed by atoms with van der Waals surface area (Å²) in [5.74, 6) is 1.67. The van der Waals surface area contributed by atoms with E-state index in [1.807, 2.05) is 6.20 Å². The molecule has 1 aromatic rings. The molecule has 1 fully saturated rings. The number of pyridine rings is 1. The summed E-state index contributed by atoms with van der Waals surface area (Å²) in [5, 5.41) is 0. The van der Waals surface area contributed by atoms with Crippen LogP contribution in [0, 0.1) is 6.92 Å². The lowest BCUT2D eigenvalue weighted by Gasteiger charge is -2.32. The molecular weight excluding hydrogens is 258 g/mol. The molecule has 4 heteroatoms. The van der Waals surface area contributed by atoms with Gasteiger partial charge in [-0.15, -0.1) is 11.6 Å². The molecule has 0 N–H and O–H groups in total. The smallest absolute Gasteiger partial charge is 0.131 e. The van der Waals surface area contributed by atoms with Gasteiger partial charge in [0, 0.05) is 31.2 Å². The second kappa shape index (κ2) is 6.58. The van der Waals surface area contributed by atoms with Crippen molar-refractivity contribution in [2.24, 2.45) is 0 Å². The van der Waals surface area contributed by atoms with E-state index >= 15 is 0 Å². The van der Waals surface area contributed by atoms with E-state index in [-0.39, 0.29) is 0 Å². The first-order chi connectivity index (χ1) is 9.15. The minimum Gasteiger partial charge on any atom is -0.352 e. The highest BCUT2D eigenvalue weighted by Crippen LogP contribution is 2.24. The Kier molecular flexibility index (Phi) is 5.06. The molecular formula is C15H24ClN3. The third-order valence-electron chi connectivity index (χ3n) is 3.91. The van der Waals surface area contributed by atoms with Crippen molar-refractivity contribution in [2.45, 2.75) is 38.6 Å². The fourth-order valence-corrected chi connectivity index (χ4v) is 3.02. The first-order valence-corrected chi connectivity index (χ1v) is 7.65. The van der Waals surface area contributed by atoms with Crippen LogP contribution in [0.15, 0.2) is 12.3 Å². The van der Waals surface area contributed by atoms with Crippen LogP contribution in [-0.4, -0.2) is 42.6 Å². The van der Waals surface area contributed by atoms with Crippen LogP contribution in [-0.2, 0) is 5.88 Å². The van der Waals surface area contributed by atoms with Gasteiger partial charge in [0.25, 0.3) is 0 Å². The first-order valence-electron chi connectivity index (χ1n) is 7.12. The highest BCUT2D eigenvalue weighted by Gasteiger charge is 2.24. The van der Waals surface area contributed by atoms with E-state index in [0.29, 0.717) is 11.9 Å². The van der Waals surface area contributed by atoms with Crippen LogP contribution >= 0.6 is 11.6 Å². The lowest BCUT2D eigenvalue weighted by Crippen LogP contribution is -2.40. The fourth-order valence-electron chi connectivity index (χ4n) is 2.87. The predicted octanol–water partition coefficient (Wildman–Crippen LogP) is 3.05. The van der Waals surface area contributed by atoms with E-state index < -0.39 is 0 Å². The number of hydrogen-bond acceptors (Lipinski definition) is 3. The molecule has 0 amide bonds. The summed E-state index contributed by atoms with van der Waals surface area (Å²) >= 11 is 5.88. The molecule has 0 aromatic carbocycles. The maximum Gasteiger partial charge on any atom is 0.131 e. The monoisotopic (exact) mass is 281 g/mol. The Morgan fingerprint density at radius 2 is 2.21 bits per heavy atom. The van der Waals surface area contributed by atoms with Crippen molar-refractivity contribution in [2.75, 3.05) is 31.6 Å². The summed E-state index contributed by atoms with van der Waals surface area (Å²) in [4.78, 5) is 9.57. The van der Waals surface area contributed by atoms with Gasteiger partial charge in [-0.2, -0.15) is 0 Å². The lowest BCUT2D eigenvalue weighted by molar-refractivity contribution is 0.327. The Hall–Kier alpha value is -0.800. The van der Waals surface area contributed by atoms with Crippen LogP contribution in [0.4, 0.5) is 5.82 Å². The van der Waals surface area contributed by atoms with Crippen LogP contribution < -0.4 is 4.90 Å². The van der Waals surface area contributed by atoms with Crippen molar-refractivity contribution in [3.8, 4) is 0 Å². The third kappa shape index (κ3) is 3.40. The number of rotatable bonds is 3. The SMILES string of the molecule is CCC1CN(C)CCCN1c1ncc(CCl)cc1C. The van der Waals surface area contributed by atoms with Crippen molar-refractivity contribution in [3.05, 3.63) is 23.4 Å². The molecule has 0 aliphatic carbocycles. The van der Waals surface area contributed by atoms with Gasteiger partial charge in [0.2, 0.25) is 0 Å². The van der Waals surface area contributed by atoms with E-state index in [1.165, 1.54) is 18.5 Å². The molecule has 1 aliphatic rings. The molecule has 0 radical (unpaired) electrons. The Labute approximate surface area is 121 Å². The minimum absolute atomic E-state index is 0.536. The molecule has 2 rings (SSSR count). The Balaban J connectivity index is 2.27.